The molecule has 0 bridgehead atoms. The van der Waals surface area contributed by atoms with E-state index in [2.05, 4.69) is 5.32 Å². The largest absolute Gasteiger partial charge is 0.393 e. The molecule has 0 aromatic carbocycles. The SMILES string of the molecule is CC(O)CCNCC(O)COC(C)C. The number of nitrogens with one attached hydrogen (secondary N) is 1. The second-order valence-electron chi connectivity index (χ2n) is 3.88. The van der Waals surface area contributed by atoms with Crippen molar-refractivity contribution < 1.29 is 14.9 Å². The van der Waals surface area contributed by atoms with Crippen molar-refractivity contribution in [2.45, 2.75) is 45.5 Å². The molecular weight excluding hydrogens is 182 g/mol. The third-order valence-corrected chi connectivity index (χ3v) is 1.74. The Balaban J connectivity index is 3.22. The van der Waals surface area contributed by atoms with Gasteiger partial charge >= 0.3 is 0 Å². The molecule has 0 heterocycles. The van der Waals surface area contributed by atoms with Gasteiger partial charge < -0.3 is 20.3 Å². The van der Waals surface area contributed by atoms with Gasteiger partial charge in [0, 0.05) is 6.54 Å². The molecule has 14 heavy (non-hydrogen) atoms. The monoisotopic (exact) mass is 205 g/mol. The summed E-state index contributed by atoms with van der Waals surface area (Å²) >= 11 is 0. The van der Waals surface area contributed by atoms with Crippen LogP contribution in [-0.2, 0) is 4.74 Å². The zero-order chi connectivity index (χ0) is 11.0. The molecule has 4 heteroatoms. The lowest BCUT2D eigenvalue weighted by atomic mass is 10.3. The third-order valence-electron chi connectivity index (χ3n) is 1.74. The predicted molar refractivity (Wildman–Crippen MR) is 56.3 cm³/mol. The molecule has 0 saturated heterocycles. The highest BCUT2D eigenvalue weighted by Crippen LogP contribution is 1.91. The van der Waals surface area contributed by atoms with Crippen molar-refractivity contribution in [3.8, 4) is 0 Å². The maximum atomic E-state index is 9.41. The molecule has 2 unspecified atom stereocenters. The molecule has 4 nitrogen and oxygen atoms in total. The smallest absolute Gasteiger partial charge is 0.0897 e. The van der Waals surface area contributed by atoms with Gasteiger partial charge in [-0.25, -0.2) is 0 Å². The quantitative estimate of drug-likeness (QED) is 0.493. The zero-order valence-corrected chi connectivity index (χ0v) is 9.36. The van der Waals surface area contributed by atoms with E-state index in [0.717, 1.165) is 6.54 Å². The molecule has 0 spiro atoms. The molecule has 0 amide bonds. The molecule has 0 aliphatic carbocycles. The van der Waals surface area contributed by atoms with Crippen LogP contribution in [0.3, 0.4) is 0 Å². The normalized spacial score (nSPS) is 15.9. The summed E-state index contributed by atoms with van der Waals surface area (Å²) in [7, 11) is 0. The standard InChI is InChI=1S/C10H23NO3/c1-8(2)14-7-10(13)6-11-5-4-9(3)12/h8-13H,4-7H2,1-3H3. The van der Waals surface area contributed by atoms with Gasteiger partial charge in [-0.2, -0.15) is 0 Å². The fourth-order valence-corrected chi connectivity index (χ4v) is 0.942. The molecule has 0 fully saturated rings. The van der Waals surface area contributed by atoms with E-state index in [4.69, 9.17) is 9.84 Å². The third kappa shape index (κ3) is 9.92. The highest BCUT2D eigenvalue weighted by Gasteiger charge is 2.05. The Morgan fingerprint density at radius 3 is 2.36 bits per heavy atom. The van der Waals surface area contributed by atoms with Crippen LogP contribution < -0.4 is 5.32 Å². The molecule has 0 saturated carbocycles. The van der Waals surface area contributed by atoms with Gasteiger partial charge in [0.2, 0.25) is 0 Å². The van der Waals surface area contributed by atoms with E-state index >= 15 is 0 Å². The zero-order valence-electron chi connectivity index (χ0n) is 9.36. The molecule has 2 atom stereocenters. The topological polar surface area (TPSA) is 61.7 Å². The summed E-state index contributed by atoms with van der Waals surface area (Å²) in [5.41, 5.74) is 0. The molecule has 0 aliphatic rings. The van der Waals surface area contributed by atoms with Crippen LogP contribution in [0.5, 0.6) is 0 Å². The van der Waals surface area contributed by atoms with Crippen molar-refractivity contribution >= 4 is 0 Å². The first-order chi connectivity index (χ1) is 6.52. The average Bonchev–Trinajstić information content (AvgIpc) is 2.08. The Hall–Kier alpha value is -0.160. The lowest BCUT2D eigenvalue weighted by Crippen LogP contribution is -2.32. The first kappa shape index (κ1) is 13.8. The molecule has 0 rings (SSSR count). The van der Waals surface area contributed by atoms with Crippen LogP contribution in [0.4, 0.5) is 0 Å². The van der Waals surface area contributed by atoms with Gasteiger partial charge in [-0.3, -0.25) is 0 Å². The van der Waals surface area contributed by atoms with Gasteiger partial charge in [-0.1, -0.05) is 0 Å². The minimum absolute atomic E-state index is 0.155. The predicted octanol–water partition coefficient (Wildman–Crippen LogP) is 0.133. The second kappa shape index (κ2) is 8.17. The number of hydrogen-bond acceptors (Lipinski definition) is 4. The summed E-state index contributed by atoms with van der Waals surface area (Å²) in [6.07, 6.45) is 0.109. The molecule has 0 aromatic heterocycles. The van der Waals surface area contributed by atoms with Crippen LogP contribution in [0.2, 0.25) is 0 Å². The van der Waals surface area contributed by atoms with E-state index in [0.29, 0.717) is 19.6 Å². The fourth-order valence-electron chi connectivity index (χ4n) is 0.942. The Kier molecular flexibility index (Phi) is 8.08. The van der Waals surface area contributed by atoms with Crippen molar-refractivity contribution in [2.75, 3.05) is 19.7 Å². The van der Waals surface area contributed by atoms with Gasteiger partial charge in [-0.05, 0) is 33.7 Å². The first-order valence-electron chi connectivity index (χ1n) is 5.20. The number of hydrogen-bond donors (Lipinski definition) is 3. The average molecular weight is 205 g/mol. The van der Waals surface area contributed by atoms with Crippen LogP contribution in [0, 0.1) is 0 Å². The van der Waals surface area contributed by atoms with Gasteiger partial charge in [-0.15, -0.1) is 0 Å². The maximum Gasteiger partial charge on any atom is 0.0897 e. The molecular formula is C10H23NO3. The van der Waals surface area contributed by atoms with Crippen LogP contribution >= 0.6 is 0 Å². The Morgan fingerprint density at radius 2 is 1.86 bits per heavy atom. The summed E-state index contributed by atoms with van der Waals surface area (Å²) in [5.74, 6) is 0. The van der Waals surface area contributed by atoms with E-state index in [1.54, 1.807) is 6.92 Å². The number of ether oxygens (including phenoxy) is 1. The summed E-state index contributed by atoms with van der Waals surface area (Å²) in [6.45, 7) is 7.22. The molecule has 0 aliphatic heterocycles. The van der Waals surface area contributed by atoms with Crippen molar-refractivity contribution in [1.82, 2.24) is 5.32 Å². The highest BCUT2D eigenvalue weighted by atomic mass is 16.5. The summed E-state index contributed by atoms with van der Waals surface area (Å²) in [4.78, 5) is 0. The number of rotatable bonds is 8. The van der Waals surface area contributed by atoms with Crippen molar-refractivity contribution in [2.24, 2.45) is 0 Å². The molecule has 3 N–H and O–H groups in total. The Labute approximate surface area is 86.3 Å². The summed E-state index contributed by atoms with van der Waals surface area (Å²) in [6, 6.07) is 0. The van der Waals surface area contributed by atoms with E-state index < -0.39 is 6.10 Å². The van der Waals surface area contributed by atoms with Crippen molar-refractivity contribution in [3.05, 3.63) is 0 Å². The number of aliphatic hydroxyl groups excluding tert-OH is 2. The van der Waals surface area contributed by atoms with Gasteiger partial charge in [0.15, 0.2) is 0 Å². The second-order valence-corrected chi connectivity index (χ2v) is 3.88. The van der Waals surface area contributed by atoms with Crippen LogP contribution in [0.25, 0.3) is 0 Å². The van der Waals surface area contributed by atoms with Crippen LogP contribution in [0.15, 0.2) is 0 Å². The fraction of sp³-hybridized carbons (Fsp3) is 1.00. The summed E-state index contributed by atoms with van der Waals surface area (Å²) < 4.78 is 5.24. The van der Waals surface area contributed by atoms with Gasteiger partial charge in [0.25, 0.3) is 0 Å². The lowest BCUT2D eigenvalue weighted by molar-refractivity contribution is 0.00623. The van der Waals surface area contributed by atoms with Crippen LogP contribution in [-0.4, -0.2) is 48.2 Å². The Morgan fingerprint density at radius 1 is 1.21 bits per heavy atom. The lowest BCUT2D eigenvalue weighted by Gasteiger charge is -2.14. The van der Waals surface area contributed by atoms with Gasteiger partial charge in [0.05, 0.1) is 24.9 Å². The summed E-state index contributed by atoms with van der Waals surface area (Å²) in [5, 5.41) is 21.4. The minimum atomic E-state index is -0.466. The van der Waals surface area contributed by atoms with E-state index in [1.807, 2.05) is 13.8 Å². The van der Waals surface area contributed by atoms with E-state index in [-0.39, 0.29) is 12.2 Å². The highest BCUT2D eigenvalue weighted by molar-refractivity contribution is 4.60. The first-order valence-corrected chi connectivity index (χ1v) is 5.20. The molecule has 0 radical (unpaired) electrons. The molecule has 86 valence electrons. The molecule has 0 aromatic rings. The number of aliphatic hydroxyl groups is 2. The van der Waals surface area contributed by atoms with Gasteiger partial charge in [0.1, 0.15) is 0 Å². The van der Waals surface area contributed by atoms with Crippen molar-refractivity contribution in [1.29, 1.82) is 0 Å². The minimum Gasteiger partial charge on any atom is -0.393 e. The van der Waals surface area contributed by atoms with E-state index in [1.165, 1.54) is 0 Å². The van der Waals surface area contributed by atoms with Crippen LogP contribution in [0.1, 0.15) is 27.2 Å². The maximum absolute atomic E-state index is 9.41. The Bertz CT molecular complexity index is 129. The van der Waals surface area contributed by atoms with Crippen molar-refractivity contribution in [3.63, 3.8) is 0 Å². The van der Waals surface area contributed by atoms with E-state index in [9.17, 15) is 5.11 Å².